The summed E-state index contributed by atoms with van der Waals surface area (Å²) in [5.41, 5.74) is -0.849. The van der Waals surface area contributed by atoms with Crippen LogP contribution >= 0.6 is 0 Å². The zero-order valence-corrected chi connectivity index (χ0v) is 19.1. The van der Waals surface area contributed by atoms with Crippen LogP contribution < -0.4 is 10.8 Å². The third-order valence-electron chi connectivity index (χ3n) is 5.83. The summed E-state index contributed by atoms with van der Waals surface area (Å²) in [7, 11) is 0. The van der Waals surface area contributed by atoms with Crippen molar-refractivity contribution in [1.82, 2.24) is 10.8 Å². The highest BCUT2D eigenvalue weighted by molar-refractivity contribution is 5.96. The summed E-state index contributed by atoms with van der Waals surface area (Å²) in [5, 5.41) is 23.2. The molecule has 6 nitrogen and oxygen atoms in total. The van der Waals surface area contributed by atoms with Crippen molar-refractivity contribution in [3.8, 4) is 0 Å². The standard InChI is InChI=1S/C27H28F2N2O4/c28-23-15-8-6-13-21(23)27(34,22-14-7-9-16-24(22)29)20-12-5-4-11-19(20)26(33)30-18-10-2-1-3-17-25(32)31-35/h4-9,11-16,34-35H,1-3,10,17-18H2,(H,30,33)(H,31,32). The van der Waals surface area contributed by atoms with Crippen LogP contribution in [0.2, 0.25) is 0 Å². The maximum atomic E-state index is 14.9. The number of unbranched alkanes of at least 4 members (excludes halogenated alkanes) is 3. The molecule has 184 valence electrons. The fourth-order valence-corrected chi connectivity index (χ4v) is 4.06. The molecule has 0 fully saturated rings. The first kappa shape index (κ1) is 26.0. The van der Waals surface area contributed by atoms with Gasteiger partial charge in [-0.3, -0.25) is 14.8 Å². The number of carbonyl (C=O) groups excluding carboxylic acids is 2. The van der Waals surface area contributed by atoms with Gasteiger partial charge in [0.1, 0.15) is 17.2 Å². The zero-order valence-electron chi connectivity index (χ0n) is 19.1. The molecule has 0 saturated heterocycles. The molecule has 35 heavy (non-hydrogen) atoms. The second-order valence-corrected chi connectivity index (χ2v) is 8.17. The Hall–Kier alpha value is -3.62. The van der Waals surface area contributed by atoms with Gasteiger partial charge in [-0.05, 0) is 31.0 Å². The lowest BCUT2D eigenvalue weighted by atomic mass is 9.77. The molecule has 0 radical (unpaired) electrons. The molecule has 0 aliphatic heterocycles. The minimum absolute atomic E-state index is 0.0581. The molecule has 0 aliphatic carbocycles. The van der Waals surface area contributed by atoms with Crippen molar-refractivity contribution in [3.05, 3.63) is 107 Å². The van der Waals surface area contributed by atoms with E-state index in [9.17, 15) is 23.5 Å². The van der Waals surface area contributed by atoms with Gasteiger partial charge in [0.05, 0.1) is 0 Å². The molecule has 0 bridgehead atoms. The summed E-state index contributed by atoms with van der Waals surface area (Å²) < 4.78 is 29.8. The second kappa shape index (κ2) is 12.2. The quantitative estimate of drug-likeness (QED) is 0.141. The summed E-state index contributed by atoms with van der Waals surface area (Å²) in [4.78, 5) is 24.1. The highest BCUT2D eigenvalue weighted by atomic mass is 19.1. The van der Waals surface area contributed by atoms with Crippen LogP contribution in [-0.4, -0.2) is 28.7 Å². The molecular weight excluding hydrogens is 454 g/mol. The Kier molecular flexibility index (Phi) is 9.05. The van der Waals surface area contributed by atoms with Crippen LogP contribution in [0.4, 0.5) is 8.78 Å². The Bertz CT molecular complexity index is 1120. The molecule has 3 aromatic carbocycles. The molecular formula is C27H28F2N2O4. The normalized spacial score (nSPS) is 11.2. The lowest BCUT2D eigenvalue weighted by Crippen LogP contribution is -2.35. The Morgan fingerprint density at radius 1 is 0.743 bits per heavy atom. The third kappa shape index (κ3) is 6.09. The Morgan fingerprint density at radius 2 is 1.26 bits per heavy atom. The van der Waals surface area contributed by atoms with Crippen molar-refractivity contribution in [3.63, 3.8) is 0 Å². The maximum Gasteiger partial charge on any atom is 0.251 e. The van der Waals surface area contributed by atoms with Crippen molar-refractivity contribution in [1.29, 1.82) is 0 Å². The molecule has 0 heterocycles. The van der Waals surface area contributed by atoms with Crippen LogP contribution in [0.5, 0.6) is 0 Å². The first-order valence-corrected chi connectivity index (χ1v) is 11.4. The third-order valence-corrected chi connectivity index (χ3v) is 5.83. The van der Waals surface area contributed by atoms with Crippen LogP contribution in [0.15, 0.2) is 72.8 Å². The number of aliphatic hydroxyl groups is 1. The topological polar surface area (TPSA) is 98.7 Å². The van der Waals surface area contributed by atoms with E-state index < -0.39 is 29.0 Å². The molecule has 4 N–H and O–H groups in total. The number of carbonyl (C=O) groups is 2. The van der Waals surface area contributed by atoms with Gasteiger partial charge in [0.25, 0.3) is 5.91 Å². The van der Waals surface area contributed by atoms with Crippen molar-refractivity contribution < 1.29 is 28.7 Å². The minimum atomic E-state index is -2.25. The van der Waals surface area contributed by atoms with Crippen LogP contribution in [0.1, 0.15) is 59.2 Å². The Morgan fingerprint density at radius 3 is 1.83 bits per heavy atom. The highest BCUT2D eigenvalue weighted by Gasteiger charge is 2.40. The molecule has 0 spiro atoms. The Labute approximate surface area is 202 Å². The molecule has 0 atom stereocenters. The van der Waals surface area contributed by atoms with Gasteiger partial charge >= 0.3 is 0 Å². The summed E-state index contributed by atoms with van der Waals surface area (Å²) in [6, 6.07) is 17.3. The number of rotatable bonds is 11. The first-order valence-electron chi connectivity index (χ1n) is 11.4. The van der Waals surface area contributed by atoms with Gasteiger partial charge in [-0.25, -0.2) is 14.3 Å². The van der Waals surface area contributed by atoms with Crippen LogP contribution in [-0.2, 0) is 10.4 Å². The number of halogens is 2. The van der Waals surface area contributed by atoms with E-state index in [-0.39, 0.29) is 28.7 Å². The van der Waals surface area contributed by atoms with Gasteiger partial charge in [0.15, 0.2) is 0 Å². The molecule has 0 saturated carbocycles. The number of nitrogens with one attached hydrogen (secondary N) is 2. The zero-order chi connectivity index (χ0) is 25.3. The monoisotopic (exact) mass is 482 g/mol. The summed E-state index contributed by atoms with van der Waals surface area (Å²) in [5.74, 6) is -2.38. The molecule has 8 heteroatoms. The molecule has 0 unspecified atom stereocenters. The van der Waals surface area contributed by atoms with Crippen molar-refractivity contribution in [2.75, 3.05) is 6.54 Å². The molecule has 3 aromatic rings. The molecule has 2 amide bonds. The lowest BCUT2D eigenvalue weighted by Gasteiger charge is -2.32. The van der Waals surface area contributed by atoms with Crippen LogP contribution in [0.3, 0.4) is 0 Å². The van der Waals surface area contributed by atoms with Crippen molar-refractivity contribution >= 4 is 11.8 Å². The average molecular weight is 483 g/mol. The highest BCUT2D eigenvalue weighted by Crippen LogP contribution is 2.40. The van der Waals surface area contributed by atoms with E-state index in [1.54, 1.807) is 17.6 Å². The largest absolute Gasteiger partial charge is 0.376 e. The first-order chi connectivity index (χ1) is 16.9. The molecule has 0 aromatic heterocycles. The van der Waals surface area contributed by atoms with E-state index in [2.05, 4.69) is 5.32 Å². The van der Waals surface area contributed by atoms with Crippen molar-refractivity contribution in [2.45, 2.75) is 37.7 Å². The van der Waals surface area contributed by atoms with E-state index in [4.69, 9.17) is 5.21 Å². The number of hydroxylamine groups is 1. The smallest absolute Gasteiger partial charge is 0.251 e. The number of amides is 2. The predicted octanol–water partition coefficient (Wildman–Crippen LogP) is 4.43. The van der Waals surface area contributed by atoms with Crippen LogP contribution in [0.25, 0.3) is 0 Å². The molecule has 0 aliphatic rings. The fraction of sp³-hybridized carbons (Fsp3) is 0.259. The predicted molar refractivity (Wildman–Crippen MR) is 127 cm³/mol. The van der Waals surface area contributed by atoms with E-state index >= 15 is 0 Å². The van der Waals surface area contributed by atoms with E-state index in [0.717, 1.165) is 12.8 Å². The SMILES string of the molecule is O=C(CCCCCCNC(=O)c1ccccc1C(O)(c1ccccc1F)c1ccccc1F)NO. The van der Waals surface area contributed by atoms with Gasteiger partial charge in [0.2, 0.25) is 5.91 Å². The van der Waals surface area contributed by atoms with Gasteiger partial charge < -0.3 is 10.4 Å². The second-order valence-electron chi connectivity index (χ2n) is 8.17. The van der Waals surface area contributed by atoms with Gasteiger partial charge in [-0.15, -0.1) is 0 Å². The number of hydrogen-bond acceptors (Lipinski definition) is 4. The lowest BCUT2D eigenvalue weighted by molar-refractivity contribution is -0.129. The van der Waals surface area contributed by atoms with Crippen molar-refractivity contribution in [2.24, 2.45) is 0 Å². The number of benzene rings is 3. The van der Waals surface area contributed by atoms with E-state index in [0.29, 0.717) is 19.4 Å². The summed E-state index contributed by atoms with van der Waals surface area (Å²) in [6.45, 7) is 0.344. The molecule has 3 rings (SSSR count). The Balaban J connectivity index is 1.84. The van der Waals surface area contributed by atoms with E-state index in [1.807, 2.05) is 0 Å². The fourth-order valence-electron chi connectivity index (χ4n) is 4.06. The van der Waals surface area contributed by atoms with Gasteiger partial charge in [0, 0.05) is 35.2 Å². The van der Waals surface area contributed by atoms with E-state index in [1.165, 1.54) is 60.7 Å². The number of hydrogen-bond donors (Lipinski definition) is 4. The summed E-state index contributed by atoms with van der Waals surface area (Å²) in [6.07, 6.45) is 3.00. The average Bonchev–Trinajstić information content (AvgIpc) is 2.88. The summed E-state index contributed by atoms with van der Waals surface area (Å²) >= 11 is 0. The maximum absolute atomic E-state index is 14.9. The minimum Gasteiger partial charge on any atom is -0.376 e. The van der Waals surface area contributed by atoms with Gasteiger partial charge in [-0.2, -0.15) is 0 Å². The van der Waals surface area contributed by atoms with Gasteiger partial charge in [-0.1, -0.05) is 67.4 Å². The van der Waals surface area contributed by atoms with Crippen LogP contribution in [0, 0.1) is 11.6 Å².